The summed E-state index contributed by atoms with van der Waals surface area (Å²) in [7, 11) is 0. The SMILES string of the molecule is CC.CC.CCSCCc1cc(C)ncn1. The molecule has 1 heterocycles. The van der Waals surface area contributed by atoms with Crippen LogP contribution in [0.5, 0.6) is 0 Å². The van der Waals surface area contributed by atoms with E-state index >= 15 is 0 Å². The van der Waals surface area contributed by atoms with E-state index in [1.54, 1.807) is 6.33 Å². The van der Waals surface area contributed by atoms with Gasteiger partial charge in [-0.1, -0.05) is 34.6 Å². The van der Waals surface area contributed by atoms with E-state index in [9.17, 15) is 0 Å². The number of nitrogens with zero attached hydrogens (tertiary/aromatic N) is 2. The molecule has 0 spiro atoms. The number of hydrogen-bond donors (Lipinski definition) is 0. The van der Waals surface area contributed by atoms with Crippen LogP contribution in [0.25, 0.3) is 0 Å². The summed E-state index contributed by atoms with van der Waals surface area (Å²) in [5, 5.41) is 0. The topological polar surface area (TPSA) is 25.8 Å². The van der Waals surface area contributed by atoms with E-state index in [0.29, 0.717) is 0 Å². The van der Waals surface area contributed by atoms with E-state index in [0.717, 1.165) is 23.6 Å². The Bertz CT molecular complexity index is 239. The maximum absolute atomic E-state index is 4.19. The van der Waals surface area contributed by atoms with Gasteiger partial charge < -0.3 is 0 Å². The predicted molar refractivity (Wildman–Crippen MR) is 76.2 cm³/mol. The van der Waals surface area contributed by atoms with Crippen LogP contribution in [0.15, 0.2) is 12.4 Å². The second-order valence-electron chi connectivity index (χ2n) is 2.60. The maximum atomic E-state index is 4.19. The molecule has 0 unspecified atom stereocenters. The second-order valence-corrected chi connectivity index (χ2v) is 3.99. The van der Waals surface area contributed by atoms with Crippen molar-refractivity contribution < 1.29 is 0 Å². The summed E-state index contributed by atoms with van der Waals surface area (Å²) < 4.78 is 0. The Morgan fingerprint density at radius 2 is 1.75 bits per heavy atom. The van der Waals surface area contributed by atoms with Crippen LogP contribution in [0.1, 0.15) is 46.0 Å². The quantitative estimate of drug-likeness (QED) is 0.742. The van der Waals surface area contributed by atoms with E-state index in [4.69, 9.17) is 0 Å². The van der Waals surface area contributed by atoms with E-state index in [1.165, 1.54) is 5.75 Å². The van der Waals surface area contributed by atoms with Gasteiger partial charge in [0.1, 0.15) is 6.33 Å². The lowest BCUT2D eigenvalue weighted by molar-refractivity contribution is 0.982. The third-order valence-electron chi connectivity index (χ3n) is 1.57. The molecule has 1 rings (SSSR count). The summed E-state index contributed by atoms with van der Waals surface area (Å²) in [6.07, 6.45) is 2.70. The zero-order chi connectivity index (χ0) is 12.8. The third-order valence-corrected chi connectivity index (χ3v) is 2.47. The van der Waals surface area contributed by atoms with Gasteiger partial charge in [0.15, 0.2) is 0 Å². The first-order valence-electron chi connectivity index (χ1n) is 6.18. The molecule has 0 atom stereocenters. The molecule has 0 aliphatic carbocycles. The highest BCUT2D eigenvalue weighted by molar-refractivity contribution is 7.99. The molecule has 0 aliphatic rings. The normalized spacial score (nSPS) is 8.38. The summed E-state index contributed by atoms with van der Waals surface area (Å²) >= 11 is 1.95. The minimum absolute atomic E-state index is 1.06. The molecule has 1 aromatic heterocycles. The van der Waals surface area contributed by atoms with Crippen molar-refractivity contribution in [2.75, 3.05) is 11.5 Å². The first-order chi connectivity index (χ1) is 7.83. The summed E-state index contributed by atoms with van der Waals surface area (Å²) in [5.74, 6) is 2.34. The fraction of sp³-hybridized carbons (Fsp3) is 0.692. The molecule has 0 N–H and O–H groups in total. The van der Waals surface area contributed by atoms with Gasteiger partial charge in [0.2, 0.25) is 0 Å². The fourth-order valence-corrected chi connectivity index (χ4v) is 1.61. The van der Waals surface area contributed by atoms with E-state index in [-0.39, 0.29) is 0 Å². The van der Waals surface area contributed by atoms with Crippen LogP contribution in [0.4, 0.5) is 0 Å². The highest BCUT2D eigenvalue weighted by Gasteiger charge is 1.94. The lowest BCUT2D eigenvalue weighted by atomic mass is 10.3. The molecular weight excluding hydrogens is 216 g/mol. The predicted octanol–water partition coefficient (Wildman–Crippen LogP) is 4.13. The molecule has 0 radical (unpaired) electrons. The monoisotopic (exact) mass is 242 g/mol. The number of hydrogen-bond acceptors (Lipinski definition) is 3. The van der Waals surface area contributed by atoms with Crippen molar-refractivity contribution in [3.63, 3.8) is 0 Å². The molecule has 94 valence electrons. The Morgan fingerprint density at radius 3 is 2.25 bits per heavy atom. The van der Waals surface area contributed by atoms with Crippen LogP contribution in [0.2, 0.25) is 0 Å². The Morgan fingerprint density at radius 1 is 1.12 bits per heavy atom. The number of thioether (sulfide) groups is 1. The summed E-state index contributed by atoms with van der Waals surface area (Å²) in [4.78, 5) is 8.24. The molecule has 0 fully saturated rings. The fourth-order valence-electron chi connectivity index (χ4n) is 0.968. The molecular formula is C13H26N2S. The van der Waals surface area contributed by atoms with Crippen LogP contribution < -0.4 is 0 Å². The van der Waals surface area contributed by atoms with E-state index in [2.05, 4.69) is 23.0 Å². The smallest absolute Gasteiger partial charge is 0.115 e. The number of aryl methyl sites for hydroxylation is 2. The van der Waals surface area contributed by atoms with Crippen LogP contribution >= 0.6 is 11.8 Å². The van der Waals surface area contributed by atoms with Crippen molar-refractivity contribution in [2.45, 2.75) is 48.0 Å². The Labute approximate surface area is 105 Å². The molecule has 0 saturated heterocycles. The lowest BCUT2D eigenvalue weighted by Crippen LogP contribution is -1.95. The summed E-state index contributed by atoms with van der Waals surface area (Å²) in [6.45, 7) is 12.2. The van der Waals surface area contributed by atoms with Gasteiger partial charge in [-0.2, -0.15) is 11.8 Å². The zero-order valence-corrected chi connectivity index (χ0v) is 12.4. The van der Waals surface area contributed by atoms with Crippen molar-refractivity contribution in [3.8, 4) is 0 Å². The van der Waals surface area contributed by atoms with Crippen molar-refractivity contribution >= 4 is 11.8 Å². The highest BCUT2D eigenvalue weighted by atomic mass is 32.2. The van der Waals surface area contributed by atoms with Crippen molar-refractivity contribution in [2.24, 2.45) is 0 Å². The van der Waals surface area contributed by atoms with Gasteiger partial charge in [0, 0.05) is 11.4 Å². The molecule has 1 aromatic rings. The standard InChI is InChI=1S/C9H14N2S.2C2H6/c1-3-12-5-4-9-6-8(2)10-7-11-9;2*1-2/h6-7H,3-5H2,1-2H3;2*1-2H3. The molecule has 3 heteroatoms. The highest BCUT2D eigenvalue weighted by Crippen LogP contribution is 2.04. The maximum Gasteiger partial charge on any atom is 0.115 e. The van der Waals surface area contributed by atoms with Crippen molar-refractivity contribution in [1.29, 1.82) is 0 Å². The van der Waals surface area contributed by atoms with Crippen LogP contribution in [-0.4, -0.2) is 21.5 Å². The van der Waals surface area contributed by atoms with E-state index < -0.39 is 0 Å². The van der Waals surface area contributed by atoms with Crippen LogP contribution in [0.3, 0.4) is 0 Å². The molecule has 0 saturated carbocycles. The van der Waals surface area contributed by atoms with Crippen LogP contribution in [-0.2, 0) is 6.42 Å². The largest absolute Gasteiger partial charge is 0.242 e. The van der Waals surface area contributed by atoms with Gasteiger partial charge in [-0.15, -0.1) is 0 Å². The van der Waals surface area contributed by atoms with Gasteiger partial charge in [-0.25, -0.2) is 9.97 Å². The van der Waals surface area contributed by atoms with Crippen molar-refractivity contribution in [1.82, 2.24) is 9.97 Å². The average Bonchev–Trinajstić information content (AvgIpc) is 2.35. The summed E-state index contributed by atoms with van der Waals surface area (Å²) in [5.41, 5.74) is 2.21. The molecule has 0 amide bonds. The minimum atomic E-state index is 1.06. The van der Waals surface area contributed by atoms with Gasteiger partial charge in [-0.3, -0.25) is 0 Å². The van der Waals surface area contributed by atoms with Gasteiger partial charge in [-0.05, 0) is 30.9 Å². The Balaban J connectivity index is 0. The van der Waals surface area contributed by atoms with Crippen molar-refractivity contribution in [3.05, 3.63) is 23.8 Å². The first-order valence-corrected chi connectivity index (χ1v) is 7.33. The molecule has 2 nitrogen and oxygen atoms in total. The van der Waals surface area contributed by atoms with Gasteiger partial charge >= 0.3 is 0 Å². The zero-order valence-electron chi connectivity index (χ0n) is 11.6. The Hall–Kier alpha value is -0.570. The van der Waals surface area contributed by atoms with Gasteiger partial charge in [0.05, 0.1) is 0 Å². The minimum Gasteiger partial charge on any atom is -0.242 e. The lowest BCUT2D eigenvalue weighted by Gasteiger charge is -1.99. The van der Waals surface area contributed by atoms with Crippen LogP contribution in [0, 0.1) is 6.92 Å². The van der Waals surface area contributed by atoms with E-state index in [1.807, 2.05) is 46.4 Å². The average molecular weight is 242 g/mol. The molecule has 0 bridgehead atoms. The first kappa shape index (κ1) is 17.8. The second kappa shape index (κ2) is 14.4. The molecule has 0 aliphatic heterocycles. The number of aromatic nitrogens is 2. The third kappa shape index (κ3) is 9.97. The van der Waals surface area contributed by atoms with Gasteiger partial charge in [0.25, 0.3) is 0 Å². The summed E-state index contributed by atoms with van der Waals surface area (Å²) in [6, 6.07) is 2.05. The molecule has 16 heavy (non-hydrogen) atoms. The molecule has 0 aromatic carbocycles. The Kier molecular flexibility index (Phi) is 16.1. The number of rotatable bonds is 4.